The molecule has 1 unspecified atom stereocenters. The second-order valence-electron chi connectivity index (χ2n) is 5.31. The highest BCUT2D eigenvalue weighted by Crippen LogP contribution is 2.17. The molecule has 20 heavy (non-hydrogen) atoms. The molecule has 0 heterocycles. The number of likely N-dealkylation sites (N-methyl/N-ethyl adjacent to an activating group) is 1. The number of aliphatic hydroxyl groups is 1. The number of aryl methyl sites for hydroxylation is 1. The van der Waals surface area contributed by atoms with Crippen LogP contribution in [0.3, 0.4) is 0 Å². The van der Waals surface area contributed by atoms with Gasteiger partial charge >= 0.3 is 0 Å². The molecule has 0 aliphatic rings. The van der Waals surface area contributed by atoms with Crippen molar-refractivity contribution in [3.05, 3.63) is 65.2 Å². The Hall–Kier alpha value is -1.84. The van der Waals surface area contributed by atoms with Crippen molar-refractivity contribution < 1.29 is 5.11 Å². The Morgan fingerprint density at radius 2 is 1.75 bits per heavy atom. The predicted octanol–water partition coefficient (Wildman–Crippen LogP) is 2.74. The maximum Gasteiger partial charge on any atom is 0.0916 e. The molecule has 0 radical (unpaired) electrons. The van der Waals surface area contributed by atoms with Gasteiger partial charge in [0, 0.05) is 18.8 Å². The molecule has 0 aliphatic carbocycles. The van der Waals surface area contributed by atoms with E-state index in [9.17, 15) is 5.11 Å². The van der Waals surface area contributed by atoms with Crippen LogP contribution in [0.25, 0.3) is 0 Å². The Balaban J connectivity index is 1.96. The van der Waals surface area contributed by atoms with Crippen LogP contribution in [0, 0.1) is 6.92 Å². The average Bonchev–Trinajstić information content (AvgIpc) is 2.42. The Morgan fingerprint density at radius 1 is 1.10 bits per heavy atom. The third-order valence-corrected chi connectivity index (χ3v) is 3.51. The summed E-state index contributed by atoms with van der Waals surface area (Å²) in [5, 5.41) is 10.2. The zero-order chi connectivity index (χ0) is 14.5. The van der Waals surface area contributed by atoms with Crippen LogP contribution in [0.2, 0.25) is 0 Å². The highest BCUT2D eigenvalue weighted by Gasteiger charge is 2.11. The van der Waals surface area contributed by atoms with Crippen LogP contribution in [0.15, 0.2) is 48.5 Å². The second-order valence-corrected chi connectivity index (χ2v) is 5.31. The first-order valence-electron chi connectivity index (χ1n) is 6.83. The number of nitrogens with zero attached hydrogens (tertiary/aromatic N) is 1. The number of anilines is 1. The van der Waals surface area contributed by atoms with E-state index in [-0.39, 0.29) is 0 Å². The summed E-state index contributed by atoms with van der Waals surface area (Å²) in [6, 6.07) is 15.7. The van der Waals surface area contributed by atoms with Crippen LogP contribution in [0.4, 0.5) is 5.69 Å². The number of rotatable bonds is 5. The van der Waals surface area contributed by atoms with E-state index in [4.69, 9.17) is 5.73 Å². The lowest BCUT2D eigenvalue weighted by Crippen LogP contribution is -2.24. The van der Waals surface area contributed by atoms with Crippen LogP contribution < -0.4 is 5.73 Å². The van der Waals surface area contributed by atoms with E-state index in [0.29, 0.717) is 12.2 Å². The molecule has 1 atom stereocenters. The van der Waals surface area contributed by atoms with Gasteiger partial charge in [-0.25, -0.2) is 0 Å². The van der Waals surface area contributed by atoms with Crippen molar-refractivity contribution in [1.82, 2.24) is 4.90 Å². The van der Waals surface area contributed by atoms with Crippen LogP contribution in [-0.2, 0) is 6.54 Å². The van der Waals surface area contributed by atoms with Crippen LogP contribution in [0.1, 0.15) is 22.8 Å². The van der Waals surface area contributed by atoms with Crippen molar-refractivity contribution in [2.24, 2.45) is 0 Å². The molecule has 2 aromatic carbocycles. The van der Waals surface area contributed by atoms with Crippen molar-refractivity contribution in [3.63, 3.8) is 0 Å². The maximum atomic E-state index is 10.2. The van der Waals surface area contributed by atoms with Gasteiger partial charge in [0.2, 0.25) is 0 Å². The fourth-order valence-electron chi connectivity index (χ4n) is 2.26. The smallest absolute Gasteiger partial charge is 0.0916 e. The molecule has 2 aromatic rings. The minimum atomic E-state index is -0.496. The van der Waals surface area contributed by atoms with Gasteiger partial charge in [-0.2, -0.15) is 0 Å². The molecule has 3 nitrogen and oxygen atoms in total. The summed E-state index contributed by atoms with van der Waals surface area (Å²) in [7, 11) is 2.02. The van der Waals surface area contributed by atoms with E-state index in [1.165, 1.54) is 11.1 Å². The summed E-state index contributed by atoms with van der Waals surface area (Å²) in [6.45, 7) is 3.54. The molecule has 0 amide bonds. The topological polar surface area (TPSA) is 49.5 Å². The summed E-state index contributed by atoms with van der Waals surface area (Å²) >= 11 is 0. The molecule has 0 saturated carbocycles. The Bertz CT molecular complexity index is 551. The van der Waals surface area contributed by atoms with Gasteiger partial charge in [-0.05, 0) is 42.8 Å². The summed E-state index contributed by atoms with van der Waals surface area (Å²) in [5.41, 5.74) is 9.84. The molecule has 3 N–H and O–H groups in total. The molecule has 3 heteroatoms. The molecule has 2 rings (SSSR count). The number of hydrogen-bond acceptors (Lipinski definition) is 3. The van der Waals surface area contributed by atoms with E-state index in [2.05, 4.69) is 24.0 Å². The largest absolute Gasteiger partial charge is 0.399 e. The molecule has 0 spiro atoms. The lowest BCUT2D eigenvalue weighted by Gasteiger charge is -2.21. The first-order chi connectivity index (χ1) is 9.56. The monoisotopic (exact) mass is 270 g/mol. The zero-order valence-corrected chi connectivity index (χ0v) is 12.1. The lowest BCUT2D eigenvalue weighted by molar-refractivity contribution is 0.124. The standard InChI is InChI=1S/C17H22N2O/c1-13-5-3-4-6-15(13)11-19(2)12-17(20)14-7-9-16(18)10-8-14/h3-10,17,20H,11-12,18H2,1-2H3. The Labute approximate surface area is 120 Å². The van der Waals surface area contributed by atoms with Crippen molar-refractivity contribution >= 4 is 5.69 Å². The molecular formula is C17H22N2O. The van der Waals surface area contributed by atoms with Crippen LogP contribution in [-0.4, -0.2) is 23.6 Å². The summed E-state index contributed by atoms with van der Waals surface area (Å²) in [5.74, 6) is 0. The third-order valence-electron chi connectivity index (χ3n) is 3.51. The van der Waals surface area contributed by atoms with E-state index >= 15 is 0 Å². The predicted molar refractivity (Wildman–Crippen MR) is 83.3 cm³/mol. The van der Waals surface area contributed by atoms with Crippen LogP contribution in [0.5, 0.6) is 0 Å². The minimum absolute atomic E-state index is 0.496. The first kappa shape index (κ1) is 14.6. The molecule has 0 saturated heterocycles. The van der Waals surface area contributed by atoms with Gasteiger partial charge in [-0.15, -0.1) is 0 Å². The number of nitrogens with two attached hydrogens (primary N) is 1. The summed E-state index contributed by atoms with van der Waals surface area (Å²) in [6.07, 6.45) is -0.496. The first-order valence-corrected chi connectivity index (χ1v) is 6.83. The molecule has 106 valence electrons. The van der Waals surface area contributed by atoms with E-state index < -0.39 is 6.10 Å². The number of aliphatic hydroxyl groups excluding tert-OH is 1. The van der Waals surface area contributed by atoms with Gasteiger partial charge in [0.1, 0.15) is 0 Å². The van der Waals surface area contributed by atoms with Gasteiger partial charge in [0.25, 0.3) is 0 Å². The Morgan fingerprint density at radius 3 is 2.40 bits per heavy atom. The highest BCUT2D eigenvalue weighted by atomic mass is 16.3. The van der Waals surface area contributed by atoms with Gasteiger partial charge in [0.05, 0.1) is 6.10 Å². The zero-order valence-electron chi connectivity index (χ0n) is 12.1. The van der Waals surface area contributed by atoms with Crippen molar-refractivity contribution in [2.75, 3.05) is 19.3 Å². The number of benzene rings is 2. The van der Waals surface area contributed by atoms with E-state index in [0.717, 1.165) is 12.1 Å². The maximum absolute atomic E-state index is 10.2. The summed E-state index contributed by atoms with van der Waals surface area (Å²) < 4.78 is 0. The highest BCUT2D eigenvalue weighted by molar-refractivity contribution is 5.39. The van der Waals surface area contributed by atoms with Crippen molar-refractivity contribution in [2.45, 2.75) is 19.6 Å². The minimum Gasteiger partial charge on any atom is -0.399 e. The fraction of sp³-hybridized carbons (Fsp3) is 0.294. The normalized spacial score (nSPS) is 12.6. The van der Waals surface area contributed by atoms with E-state index in [1.54, 1.807) is 0 Å². The molecule has 0 aliphatic heterocycles. The van der Waals surface area contributed by atoms with Gasteiger partial charge in [-0.3, -0.25) is 4.90 Å². The van der Waals surface area contributed by atoms with Crippen LogP contribution >= 0.6 is 0 Å². The van der Waals surface area contributed by atoms with Gasteiger partial charge < -0.3 is 10.8 Å². The Kier molecular flexibility index (Phi) is 4.77. The number of nitrogen functional groups attached to an aromatic ring is 1. The van der Waals surface area contributed by atoms with E-state index in [1.807, 2.05) is 43.4 Å². The van der Waals surface area contributed by atoms with Crippen molar-refractivity contribution in [1.29, 1.82) is 0 Å². The third kappa shape index (κ3) is 3.83. The average molecular weight is 270 g/mol. The van der Waals surface area contributed by atoms with Gasteiger partial charge in [-0.1, -0.05) is 36.4 Å². The lowest BCUT2D eigenvalue weighted by atomic mass is 10.1. The van der Waals surface area contributed by atoms with Gasteiger partial charge in [0.15, 0.2) is 0 Å². The molecular weight excluding hydrogens is 248 g/mol. The molecule has 0 fully saturated rings. The SMILES string of the molecule is Cc1ccccc1CN(C)CC(O)c1ccc(N)cc1. The molecule has 0 aromatic heterocycles. The summed E-state index contributed by atoms with van der Waals surface area (Å²) in [4.78, 5) is 2.13. The quantitative estimate of drug-likeness (QED) is 0.821. The molecule has 0 bridgehead atoms. The second kappa shape index (κ2) is 6.55. The number of hydrogen-bond donors (Lipinski definition) is 2. The van der Waals surface area contributed by atoms with Crippen molar-refractivity contribution in [3.8, 4) is 0 Å². The fourth-order valence-corrected chi connectivity index (χ4v) is 2.26.